The Balaban J connectivity index is 1.31. The van der Waals surface area contributed by atoms with Crippen LogP contribution in [0.3, 0.4) is 0 Å². The van der Waals surface area contributed by atoms with E-state index in [9.17, 15) is 14.3 Å². The number of hydrogen-bond donors (Lipinski definition) is 1. The highest BCUT2D eigenvalue weighted by Crippen LogP contribution is 2.32. The van der Waals surface area contributed by atoms with E-state index in [1.165, 1.54) is 23.4 Å². The maximum atomic E-state index is 13.8. The van der Waals surface area contributed by atoms with E-state index in [1.54, 1.807) is 19.4 Å². The van der Waals surface area contributed by atoms with Gasteiger partial charge in [0.25, 0.3) is 0 Å². The van der Waals surface area contributed by atoms with Gasteiger partial charge in [0.1, 0.15) is 10.8 Å². The third-order valence-corrected chi connectivity index (χ3v) is 7.80. The van der Waals surface area contributed by atoms with Crippen LogP contribution in [-0.4, -0.2) is 58.4 Å². The predicted octanol–water partition coefficient (Wildman–Crippen LogP) is 5.31. The molecule has 6 nitrogen and oxygen atoms in total. The summed E-state index contributed by atoms with van der Waals surface area (Å²) in [4.78, 5) is 22.4. The quantitative estimate of drug-likeness (QED) is 0.360. The minimum Gasteiger partial charge on any atom is -0.497 e. The number of fused-ring (bicyclic) bond motifs is 1. The fourth-order valence-corrected chi connectivity index (χ4v) is 5.91. The van der Waals surface area contributed by atoms with Gasteiger partial charge in [-0.2, -0.15) is 0 Å². The van der Waals surface area contributed by atoms with E-state index >= 15 is 0 Å². The van der Waals surface area contributed by atoms with Crippen LogP contribution < -0.4 is 4.74 Å². The molecule has 1 saturated heterocycles. The first-order valence-electron chi connectivity index (χ1n) is 12.1. The highest BCUT2D eigenvalue weighted by atomic mass is 32.2. The number of piperidine rings is 1. The zero-order valence-corrected chi connectivity index (χ0v) is 20.8. The average Bonchev–Trinajstić information content (AvgIpc) is 2.86. The smallest absolute Gasteiger partial charge is 0.303 e. The Labute approximate surface area is 209 Å². The Morgan fingerprint density at radius 1 is 1.23 bits per heavy atom. The number of carbonyl (C=O) groups is 1. The van der Waals surface area contributed by atoms with Gasteiger partial charge in [-0.25, -0.2) is 9.37 Å². The average molecular weight is 498 g/mol. The van der Waals surface area contributed by atoms with Gasteiger partial charge in [-0.15, -0.1) is 11.8 Å². The summed E-state index contributed by atoms with van der Waals surface area (Å²) in [7, 11) is 1.67. The Bertz CT molecular complexity index is 1150. The Morgan fingerprint density at radius 3 is 2.91 bits per heavy atom. The lowest BCUT2D eigenvalue weighted by Crippen LogP contribution is -2.42. The molecule has 35 heavy (non-hydrogen) atoms. The van der Waals surface area contributed by atoms with E-state index in [0.717, 1.165) is 67.7 Å². The van der Waals surface area contributed by atoms with Gasteiger partial charge < -0.3 is 14.7 Å². The van der Waals surface area contributed by atoms with Crippen LogP contribution in [0.4, 0.5) is 4.39 Å². The lowest BCUT2D eigenvalue weighted by molar-refractivity contribution is -0.139. The van der Waals surface area contributed by atoms with Crippen LogP contribution in [0, 0.1) is 17.7 Å². The Hall–Kier alpha value is -2.71. The molecule has 1 aliphatic rings. The van der Waals surface area contributed by atoms with Crippen molar-refractivity contribution in [2.45, 2.75) is 37.1 Å². The second-order valence-electron chi connectivity index (χ2n) is 9.09. The molecule has 186 valence electrons. The van der Waals surface area contributed by atoms with Crippen LogP contribution >= 0.6 is 11.8 Å². The van der Waals surface area contributed by atoms with Crippen LogP contribution in [0.15, 0.2) is 53.8 Å². The molecule has 8 heteroatoms. The van der Waals surface area contributed by atoms with Crippen molar-refractivity contribution in [1.29, 1.82) is 0 Å². The number of hydrogen-bond acceptors (Lipinski definition) is 6. The maximum absolute atomic E-state index is 13.8. The molecule has 1 fully saturated rings. The molecule has 0 aliphatic carbocycles. The molecular weight excluding hydrogens is 465 g/mol. The number of halogens is 1. The number of likely N-dealkylation sites (tertiary alicyclic amines) is 1. The minimum absolute atomic E-state index is 0.132. The van der Waals surface area contributed by atoms with Gasteiger partial charge in [-0.05, 0) is 86.0 Å². The molecule has 2 aromatic heterocycles. The molecule has 1 aliphatic heterocycles. The number of aryl methyl sites for hydroxylation is 1. The van der Waals surface area contributed by atoms with Gasteiger partial charge in [0.2, 0.25) is 0 Å². The molecule has 3 aromatic rings. The van der Waals surface area contributed by atoms with E-state index < -0.39 is 5.97 Å². The summed E-state index contributed by atoms with van der Waals surface area (Å²) in [5.41, 5.74) is 2.21. The number of carboxylic acid groups (broad SMARTS) is 1. The fraction of sp³-hybridized carbons (Fsp3) is 0.444. The molecule has 0 saturated carbocycles. The summed E-state index contributed by atoms with van der Waals surface area (Å²) in [6.45, 7) is 2.52. The molecular formula is C27H32FN3O3S. The van der Waals surface area contributed by atoms with Crippen molar-refractivity contribution in [1.82, 2.24) is 14.9 Å². The molecule has 0 bridgehead atoms. The largest absolute Gasteiger partial charge is 0.497 e. The normalized spacial score (nSPS) is 18.6. The lowest BCUT2D eigenvalue weighted by atomic mass is 9.80. The zero-order chi connectivity index (χ0) is 24.6. The number of carboxylic acids is 1. The van der Waals surface area contributed by atoms with Crippen molar-refractivity contribution >= 4 is 28.6 Å². The molecule has 0 amide bonds. The highest BCUT2D eigenvalue weighted by molar-refractivity contribution is 7.99. The van der Waals surface area contributed by atoms with E-state index in [0.29, 0.717) is 10.9 Å². The number of ether oxygens (including phenoxy) is 1. The topological polar surface area (TPSA) is 75.5 Å². The monoisotopic (exact) mass is 497 g/mol. The number of methoxy groups -OCH3 is 1. The van der Waals surface area contributed by atoms with Gasteiger partial charge in [0, 0.05) is 43.0 Å². The number of thioether (sulfide) groups is 1. The van der Waals surface area contributed by atoms with Gasteiger partial charge >= 0.3 is 5.97 Å². The molecule has 0 radical (unpaired) electrons. The van der Waals surface area contributed by atoms with Gasteiger partial charge in [0.05, 0.1) is 12.6 Å². The molecule has 0 spiro atoms. The third-order valence-electron chi connectivity index (χ3n) is 6.84. The van der Waals surface area contributed by atoms with Crippen LogP contribution in [0.1, 0.15) is 31.2 Å². The second-order valence-corrected chi connectivity index (χ2v) is 10.2. The molecule has 1 aromatic carbocycles. The van der Waals surface area contributed by atoms with Crippen LogP contribution in [0.2, 0.25) is 0 Å². The summed E-state index contributed by atoms with van der Waals surface area (Å²) in [5, 5.41) is 11.0. The third kappa shape index (κ3) is 6.92. The predicted molar refractivity (Wildman–Crippen MR) is 136 cm³/mol. The van der Waals surface area contributed by atoms with Crippen LogP contribution in [-0.2, 0) is 11.2 Å². The molecule has 0 unspecified atom stereocenters. The second kappa shape index (κ2) is 12.3. The Morgan fingerprint density at radius 2 is 2.11 bits per heavy atom. The van der Waals surface area contributed by atoms with Crippen molar-refractivity contribution in [3.05, 3.63) is 60.2 Å². The minimum atomic E-state index is -0.737. The summed E-state index contributed by atoms with van der Waals surface area (Å²) >= 11 is 1.41. The Kier molecular flexibility index (Phi) is 8.93. The zero-order valence-electron chi connectivity index (χ0n) is 20.0. The standard InChI is InChI=1S/C27H32FN3O3S/c1-34-22-7-8-25-23(17-22)20(9-12-29-25)5-2-4-19-10-13-31(18-21(19)16-26(32)33)14-15-35-27-24(28)6-3-11-30-27/h3,6-9,11-12,17,19,21H,2,4-5,10,13-16,18H2,1H3,(H,32,33)/t19-,21+/m1/s1. The van der Waals surface area contributed by atoms with Crippen molar-refractivity contribution in [2.75, 3.05) is 32.5 Å². The van der Waals surface area contributed by atoms with E-state index in [4.69, 9.17) is 4.74 Å². The van der Waals surface area contributed by atoms with Gasteiger partial charge in [-0.1, -0.05) is 0 Å². The van der Waals surface area contributed by atoms with E-state index in [2.05, 4.69) is 20.9 Å². The molecule has 1 N–H and O–H groups in total. The van der Waals surface area contributed by atoms with Crippen LogP contribution in [0.5, 0.6) is 5.75 Å². The number of benzene rings is 1. The van der Waals surface area contributed by atoms with Gasteiger partial charge in [-0.3, -0.25) is 9.78 Å². The van der Waals surface area contributed by atoms with E-state index in [1.807, 2.05) is 24.4 Å². The van der Waals surface area contributed by atoms with E-state index in [-0.39, 0.29) is 18.2 Å². The van der Waals surface area contributed by atoms with Crippen molar-refractivity contribution < 1.29 is 19.0 Å². The summed E-state index contributed by atoms with van der Waals surface area (Å²) < 4.78 is 19.2. The number of aromatic nitrogens is 2. The van der Waals surface area contributed by atoms with Gasteiger partial charge in [0.15, 0.2) is 5.82 Å². The summed E-state index contributed by atoms with van der Waals surface area (Å²) in [6.07, 6.45) is 7.58. The fourth-order valence-electron chi connectivity index (χ4n) is 5.03. The summed E-state index contributed by atoms with van der Waals surface area (Å²) in [6, 6.07) is 11.0. The number of rotatable bonds is 11. The SMILES string of the molecule is COc1ccc2nccc(CCC[C@@H]3CCN(CCSc4ncccc4F)C[C@@H]3CC(=O)O)c2c1. The van der Waals surface area contributed by atoms with Crippen molar-refractivity contribution in [3.8, 4) is 5.75 Å². The summed E-state index contributed by atoms with van der Waals surface area (Å²) in [5.74, 6) is 1.05. The number of pyridine rings is 2. The number of aliphatic carboxylic acids is 1. The maximum Gasteiger partial charge on any atom is 0.303 e. The first-order chi connectivity index (χ1) is 17.0. The number of nitrogens with zero attached hydrogens (tertiary/aromatic N) is 3. The van der Waals surface area contributed by atoms with Crippen LogP contribution in [0.25, 0.3) is 10.9 Å². The molecule has 3 heterocycles. The molecule has 4 rings (SSSR count). The first-order valence-corrected chi connectivity index (χ1v) is 13.1. The molecule has 2 atom stereocenters. The van der Waals surface area contributed by atoms with Crippen molar-refractivity contribution in [3.63, 3.8) is 0 Å². The first kappa shape index (κ1) is 25.4. The highest BCUT2D eigenvalue weighted by Gasteiger charge is 2.30. The lowest BCUT2D eigenvalue weighted by Gasteiger charge is -2.38. The van der Waals surface area contributed by atoms with Crippen molar-refractivity contribution in [2.24, 2.45) is 11.8 Å².